The highest BCUT2D eigenvalue weighted by atomic mass is 79.9. The summed E-state index contributed by atoms with van der Waals surface area (Å²) in [5.74, 6) is -3.42. The van der Waals surface area contributed by atoms with E-state index in [1.807, 2.05) is 6.07 Å². The molecule has 0 unspecified atom stereocenters. The Morgan fingerprint density at radius 2 is 1.83 bits per heavy atom. The first-order chi connectivity index (χ1) is 14.1. The fraction of sp³-hybridized carbons (Fsp3) is 0.0556. The van der Waals surface area contributed by atoms with Gasteiger partial charge in [-0.25, -0.2) is 14.2 Å². The third kappa shape index (κ3) is 6.58. The molecule has 0 saturated heterocycles. The van der Waals surface area contributed by atoms with Crippen LogP contribution < -0.4 is 10.9 Å². The van der Waals surface area contributed by atoms with Gasteiger partial charge in [-0.3, -0.25) is 15.6 Å². The highest BCUT2D eigenvalue weighted by molar-refractivity contribution is 9.10. The minimum absolute atomic E-state index is 0.303. The largest absolute Gasteiger partial charge is 0.490 e. The smallest absolute Gasteiger partial charge is 0.475 e. The molecule has 7 nitrogen and oxygen atoms in total. The summed E-state index contributed by atoms with van der Waals surface area (Å²) in [6.45, 7) is 0. The number of aliphatic carboxylic acids is 1. The maximum Gasteiger partial charge on any atom is 0.490 e. The normalized spacial score (nSPS) is 10.6. The first-order valence-electron chi connectivity index (χ1n) is 7.98. The van der Waals surface area contributed by atoms with Crippen LogP contribution in [0.4, 0.5) is 23.2 Å². The molecule has 158 valence electrons. The van der Waals surface area contributed by atoms with Crippen LogP contribution in [0.2, 0.25) is 0 Å². The molecule has 1 amide bonds. The maximum absolute atomic E-state index is 13.0. The van der Waals surface area contributed by atoms with E-state index in [-0.39, 0.29) is 11.7 Å². The number of hydrazine groups is 1. The molecule has 1 aromatic heterocycles. The number of carboxylic acids is 1. The van der Waals surface area contributed by atoms with Crippen LogP contribution in [0, 0.1) is 5.82 Å². The molecule has 3 aromatic rings. The Morgan fingerprint density at radius 1 is 1.13 bits per heavy atom. The van der Waals surface area contributed by atoms with Gasteiger partial charge in [-0.1, -0.05) is 6.07 Å². The van der Waals surface area contributed by atoms with Crippen LogP contribution >= 0.6 is 15.9 Å². The van der Waals surface area contributed by atoms with E-state index in [0.29, 0.717) is 15.7 Å². The minimum atomic E-state index is -5.08. The number of carbonyl (C=O) groups is 2. The molecule has 0 bridgehead atoms. The SMILES string of the molecule is O=C(NNc1ccc(F)cc1Br)c1cccc(-n2ccnc2)c1.O=C(O)C(F)(F)F. The minimum Gasteiger partial charge on any atom is -0.475 e. The number of aromatic nitrogens is 2. The molecule has 0 spiro atoms. The fourth-order valence-electron chi connectivity index (χ4n) is 2.01. The number of hydrogen-bond donors (Lipinski definition) is 3. The summed E-state index contributed by atoms with van der Waals surface area (Å²) in [5.41, 5.74) is 7.22. The van der Waals surface area contributed by atoms with Gasteiger partial charge in [-0.15, -0.1) is 0 Å². The van der Waals surface area contributed by atoms with E-state index < -0.39 is 12.1 Å². The second-order valence-corrected chi connectivity index (χ2v) is 6.38. The number of carboxylic acid groups (broad SMARTS) is 1. The molecule has 2 aromatic carbocycles. The topological polar surface area (TPSA) is 96.3 Å². The monoisotopic (exact) mass is 488 g/mol. The molecule has 0 fully saturated rings. The molecule has 12 heteroatoms. The van der Waals surface area contributed by atoms with E-state index >= 15 is 0 Å². The van der Waals surface area contributed by atoms with Crippen molar-refractivity contribution in [3.63, 3.8) is 0 Å². The standard InChI is InChI=1S/C16H12BrFN4O.C2HF3O2/c17-14-9-12(18)4-5-15(14)20-21-16(23)11-2-1-3-13(8-11)22-7-6-19-10-22;3-2(4,5)1(6)7/h1-10,20H,(H,21,23);(H,6,7). The Hall–Kier alpha value is -3.41. The second kappa shape index (κ2) is 9.87. The zero-order valence-corrected chi connectivity index (χ0v) is 16.4. The molecular formula is C18H13BrF4N4O3. The molecule has 0 atom stereocenters. The summed E-state index contributed by atoms with van der Waals surface area (Å²) in [4.78, 5) is 25.1. The van der Waals surface area contributed by atoms with Gasteiger partial charge in [0, 0.05) is 28.1 Å². The maximum atomic E-state index is 13.0. The van der Waals surface area contributed by atoms with Crippen LogP contribution in [-0.4, -0.2) is 32.7 Å². The van der Waals surface area contributed by atoms with Gasteiger partial charge in [0.15, 0.2) is 0 Å². The zero-order chi connectivity index (χ0) is 22.3. The highest BCUT2D eigenvalue weighted by Gasteiger charge is 2.38. The molecule has 0 saturated carbocycles. The Morgan fingerprint density at radius 3 is 2.40 bits per heavy atom. The van der Waals surface area contributed by atoms with Crippen molar-refractivity contribution in [1.29, 1.82) is 0 Å². The first kappa shape index (κ1) is 22.9. The number of rotatable bonds is 4. The lowest BCUT2D eigenvalue weighted by Crippen LogP contribution is -2.29. The van der Waals surface area contributed by atoms with Gasteiger partial charge in [-0.2, -0.15) is 13.2 Å². The molecule has 3 N–H and O–H groups in total. The summed E-state index contributed by atoms with van der Waals surface area (Å²) in [5, 5.41) is 7.12. The number of benzene rings is 2. The first-order valence-corrected chi connectivity index (χ1v) is 8.77. The predicted molar refractivity (Wildman–Crippen MR) is 102 cm³/mol. The van der Waals surface area contributed by atoms with Crippen molar-refractivity contribution in [2.24, 2.45) is 0 Å². The number of imidazole rings is 1. The number of halogens is 5. The lowest BCUT2D eigenvalue weighted by molar-refractivity contribution is -0.192. The van der Waals surface area contributed by atoms with Gasteiger partial charge in [0.1, 0.15) is 5.82 Å². The van der Waals surface area contributed by atoms with Gasteiger partial charge in [-0.05, 0) is 52.3 Å². The lowest BCUT2D eigenvalue weighted by atomic mass is 10.2. The van der Waals surface area contributed by atoms with Crippen molar-refractivity contribution in [3.8, 4) is 5.69 Å². The van der Waals surface area contributed by atoms with E-state index in [4.69, 9.17) is 9.90 Å². The summed E-state index contributed by atoms with van der Waals surface area (Å²) < 4.78 is 47.1. The average molecular weight is 489 g/mol. The number of alkyl halides is 3. The van der Waals surface area contributed by atoms with Crippen molar-refractivity contribution in [2.75, 3.05) is 5.43 Å². The molecule has 0 aliphatic carbocycles. The second-order valence-electron chi connectivity index (χ2n) is 5.53. The molecular weight excluding hydrogens is 476 g/mol. The van der Waals surface area contributed by atoms with E-state index in [1.54, 1.807) is 41.5 Å². The van der Waals surface area contributed by atoms with Gasteiger partial charge >= 0.3 is 12.1 Å². The Bertz CT molecular complexity index is 1030. The van der Waals surface area contributed by atoms with Crippen molar-refractivity contribution in [2.45, 2.75) is 6.18 Å². The van der Waals surface area contributed by atoms with E-state index in [9.17, 15) is 22.4 Å². The Kier molecular flexibility index (Phi) is 7.53. The molecule has 0 aliphatic heterocycles. The van der Waals surface area contributed by atoms with Gasteiger partial charge in [0.25, 0.3) is 5.91 Å². The van der Waals surface area contributed by atoms with E-state index in [0.717, 1.165) is 5.69 Å². The van der Waals surface area contributed by atoms with Crippen molar-refractivity contribution in [3.05, 3.63) is 77.0 Å². The summed E-state index contributed by atoms with van der Waals surface area (Å²) in [6.07, 6.45) is 0.0378. The molecule has 0 aliphatic rings. The number of nitrogens with zero attached hydrogens (tertiary/aromatic N) is 2. The van der Waals surface area contributed by atoms with Crippen LogP contribution in [0.25, 0.3) is 5.69 Å². The van der Waals surface area contributed by atoms with Crippen molar-refractivity contribution < 1.29 is 32.3 Å². The molecule has 1 heterocycles. The Labute approximate surface area is 175 Å². The summed E-state index contributed by atoms with van der Waals surface area (Å²) >= 11 is 3.23. The Balaban J connectivity index is 0.000000396. The molecule has 3 rings (SSSR count). The van der Waals surface area contributed by atoms with E-state index in [1.165, 1.54) is 18.2 Å². The average Bonchev–Trinajstić information content (AvgIpc) is 3.22. The van der Waals surface area contributed by atoms with Crippen molar-refractivity contribution >= 4 is 33.5 Å². The van der Waals surface area contributed by atoms with Crippen molar-refractivity contribution in [1.82, 2.24) is 15.0 Å². The van der Waals surface area contributed by atoms with Crippen LogP contribution in [0.1, 0.15) is 10.4 Å². The number of anilines is 1. The third-order valence-corrected chi connectivity index (χ3v) is 4.05. The number of carbonyl (C=O) groups excluding carboxylic acids is 1. The zero-order valence-electron chi connectivity index (χ0n) is 14.8. The van der Waals surface area contributed by atoms with Crippen LogP contribution in [0.5, 0.6) is 0 Å². The quantitative estimate of drug-likeness (QED) is 0.378. The summed E-state index contributed by atoms with van der Waals surface area (Å²) in [7, 11) is 0. The predicted octanol–water partition coefficient (Wildman–Crippen LogP) is 4.16. The highest BCUT2D eigenvalue weighted by Crippen LogP contribution is 2.22. The lowest BCUT2D eigenvalue weighted by Gasteiger charge is -2.11. The number of amides is 1. The van der Waals surface area contributed by atoms with E-state index in [2.05, 4.69) is 31.8 Å². The summed E-state index contributed by atoms with van der Waals surface area (Å²) in [6, 6.07) is 11.3. The number of hydrogen-bond acceptors (Lipinski definition) is 4. The van der Waals surface area contributed by atoms with Crippen LogP contribution in [0.15, 0.2) is 65.7 Å². The van der Waals surface area contributed by atoms with Crippen LogP contribution in [-0.2, 0) is 4.79 Å². The molecule has 30 heavy (non-hydrogen) atoms. The number of nitrogens with one attached hydrogen (secondary N) is 2. The van der Waals surface area contributed by atoms with Gasteiger partial charge < -0.3 is 9.67 Å². The fourth-order valence-corrected chi connectivity index (χ4v) is 2.46. The van der Waals surface area contributed by atoms with Gasteiger partial charge in [0.05, 0.1) is 12.0 Å². The van der Waals surface area contributed by atoms with Gasteiger partial charge in [0.2, 0.25) is 0 Å². The van der Waals surface area contributed by atoms with Crippen LogP contribution in [0.3, 0.4) is 0 Å². The third-order valence-electron chi connectivity index (χ3n) is 3.40. The molecule has 0 radical (unpaired) electrons.